The van der Waals surface area contributed by atoms with Crippen LogP contribution in [0.1, 0.15) is 6.42 Å². The van der Waals surface area contributed by atoms with E-state index >= 15 is 0 Å². The number of nitrogens with zero attached hydrogens (tertiary/aromatic N) is 1. The summed E-state index contributed by atoms with van der Waals surface area (Å²) >= 11 is 0. The third-order valence-electron chi connectivity index (χ3n) is 4.37. The molecular weight excluding hydrogens is 288 g/mol. The number of hydrogen-bond acceptors (Lipinski definition) is 4. The summed E-state index contributed by atoms with van der Waals surface area (Å²) in [6.07, 6.45) is 4.42. The zero-order valence-electron chi connectivity index (χ0n) is 11.5. The number of hydrogen-bond donors (Lipinski definition) is 2. The molecule has 4 atom stereocenters. The van der Waals surface area contributed by atoms with Crippen molar-refractivity contribution in [2.45, 2.75) is 6.42 Å². The first-order valence-corrected chi connectivity index (χ1v) is 6.94. The van der Waals surface area contributed by atoms with Crippen LogP contribution in [0.15, 0.2) is 36.4 Å². The van der Waals surface area contributed by atoms with E-state index in [0.29, 0.717) is 12.1 Å². The van der Waals surface area contributed by atoms with Crippen molar-refractivity contribution in [2.75, 3.05) is 5.32 Å². The van der Waals surface area contributed by atoms with Gasteiger partial charge in [-0.1, -0.05) is 18.2 Å². The highest BCUT2D eigenvalue weighted by atomic mass is 16.6. The Hall–Kier alpha value is -2.70. The predicted molar refractivity (Wildman–Crippen MR) is 77.1 cm³/mol. The molecule has 0 aromatic heterocycles. The summed E-state index contributed by atoms with van der Waals surface area (Å²) in [5, 5.41) is 22.7. The van der Waals surface area contributed by atoms with Gasteiger partial charge in [-0.25, -0.2) is 0 Å². The van der Waals surface area contributed by atoms with Crippen molar-refractivity contribution in [3.63, 3.8) is 0 Å². The van der Waals surface area contributed by atoms with Gasteiger partial charge in [-0.15, -0.1) is 0 Å². The van der Waals surface area contributed by atoms with Crippen molar-refractivity contribution in [1.82, 2.24) is 0 Å². The number of allylic oxidation sites excluding steroid dienone is 2. The molecule has 1 amide bonds. The Kier molecular flexibility index (Phi) is 3.40. The lowest BCUT2D eigenvalue weighted by Crippen LogP contribution is -2.36. The van der Waals surface area contributed by atoms with Gasteiger partial charge in [0.1, 0.15) is 0 Å². The van der Waals surface area contributed by atoms with Gasteiger partial charge in [-0.05, 0) is 24.3 Å². The second-order valence-corrected chi connectivity index (χ2v) is 5.63. The lowest BCUT2D eigenvalue weighted by Gasteiger charge is -2.23. The lowest BCUT2D eigenvalue weighted by molar-refractivity contribution is -0.384. The van der Waals surface area contributed by atoms with Gasteiger partial charge in [0.25, 0.3) is 5.69 Å². The molecule has 0 saturated heterocycles. The third-order valence-corrected chi connectivity index (χ3v) is 4.37. The van der Waals surface area contributed by atoms with E-state index in [-0.39, 0.29) is 17.5 Å². The Balaban J connectivity index is 1.80. The van der Waals surface area contributed by atoms with Crippen LogP contribution in [0.3, 0.4) is 0 Å². The highest BCUT2D eigenvalue weighted by Gasteiger charge is 2.51. The fourth-order valence-electron chi connectivity index (χ4n) is 3.44. The lowest BCUT2D eigenvalue weighted by atomic mass is 9.82. The van der Waals surface area contributed by atoms with Crippen LogP contribution >= 0.6 is 0 Å². The molecule has 7 nitrogen and oxygen atoms in total. The number of non-ortho nitro benzene ring substituents is 1. The Labute approximate surface area is 125 Å². The van der Waals surface area contributed by atoms with Crippen LogP contribution in [0, 0.1) is 33.8 Å². The molecule has 0 heterocycles. The van der Waals surface area contributed by atoms with Crippen LogP contribution in [0.4, 0.5) is 11.4 Å². The number of amides is 1. The summed E-state index contributed by atoms with van der Waals surface area (Å²) in [6, 6.07) is 5.61. The summed E-state index contributed by atoms with van der Waals surface area (Å²) in [7, 11) is 0. The first kappa shape index (κ1) is 14.2. The maximum absolute atomic E-state index is 12.4. The monoisotopic (exact) mass is 302 g/mol. The number of carbonyl (C=O) groups excluding carboxylic acids is 1. The molecule has 3 rings (SSSR count). The quantitative estimate of drug-likeness (QED) is 0.502. The van der Waals surface area contributed by atoms with Gasteiger partial charge in [0, 0.05) is 17.8 Å². The minimum absolute atomic E-state index is 0.0789. The molecule has 1 aromatic carbocycles. The van der Waals surface area contributed by atoms with E-state index in [4.69, 9.17) is 0 Å². The van der Waals surface area contributed by atoms with Crippen LogP contribution in [-0.4, -0.2) is 21.9 Å². The fraction of sp³-hybridized carbons (Fsp3) is 0.333. The Morgan fingerprint density at radius 1 is 1.23 bits per heavy atom. The molecule has 22 heavy (non-hydrogen) atoms. The summed E-state index contributed by atoms with van der Waals surface area (Å²) in [5.41, 5.74) is 0.176. The first-order valence-electron chi connectivity index (χ1n) is 6.94. The molecule has 2 aliphatic carbocycles. The highest BCUT2D eigenvalue weighted by Crippen LogP contribution is 2.48. The summed E-state index contributed by atoms with van der Waals surface area (Å²) in [4.78, 5) is 34.0. The minimum atomic E-state index is -0.976. The smallest absolute Gasteiger partial charge is 0.307 e. The van der Waals surface area contributed by atoms with Gasteiger partial charge in [-0.2, -0.15) is 0 Å². The van der Waals surface area contributed by atoms with E-state index in [1.54, 1.807) is 6.07 Å². The SMILES string of the molecule is O=C(O)[C@H]1[C@H](C(=O)Nc2cccc([N+](=O)[O-])c2)[C@H]2C=C[C@@H]1C2. The van der Waals surface area contributed by atoms with E-state index < -0.39 is 28.6 Å². The highest BCUT2D eigenvalue weighted by molar-refractivity contribution is 5.96. The van der Waals surface area contributed by atoms with E-state index in [1.807, 2.05) is 12.2 Å². The molecule has 1 saturated carbocycles. The first-order chi connectivity index (χ1) is 10.5. The number of rotatable bonds is 4. The molecule has 0 aliphatic heterocycles. The summed E-state index contributed by atoms with van der Waals surface area (Å²) in [6.45, 7) is 0. The topological polar surface area (TPSA) is 110 Å². The summed E-state index contributed by atoms with van der Waals surface area (Å²) in [5.74, 6) is -2.92. The molecule has 1 aromatic rings. The zero-order valence-corrected chi connectivity index (χ0v) is 11.5. The number of benzene rings is 1. The Morgan fingerprint density at radius 3 is 2.55 bits per heavy atom. The Morgan fingerprint density at radius 2 is 1.91 bits per heavy atom. The van der Waals surface area contributed by atoms with Crippen LogP contribution in [-0.2, 0) is 9.59 Å². The van der Waals surface area contributed by atoms with E-state index in [2.05, 4.69) is 5.32 Å². The van der Waals surface area contributed by atoms with Crippen LogP contribution in [0.2, 0.25) is 0 Å². The number of carboxylic acid groups (broad SMARTS) is 1. The average molecular weight is 302 g/mol. The van der Waals surface area contributed by atoms with Crippen molar-refractivity contribution < 1.29 is 19.6 Å². The molecule has 7 heteroatoms. The number of nitro benzene ring substituents is 1. The molecule has 114 valence electrons. The molecule has 0 radical (unpaired) electrons. The Bertz CT molecular complexity index is 684. The molecule has 2 bridgehead atoms. The fourth-order valence-corrected chi connectivity index (χ4v) is 3.44. The van der Waals surface area contributed by atoms with Gasteiger partial charge in [-0.3, -0.25) is 19.7 Å². The van der Waals surface area contributed by atoms with E-state index in [9.17, 15) is 24.8 Å². The maximum atomic E-state index is 12.4. The molecular formula is C15H14N2O5. The second-order valence-electron chi connectivity index (χ2n) is 5.63. The van der Waals surface area contributed by atoms with E-state index in [0.717, 1.165) is 0 Å². The number of carboxylic acids is 1. The standard InChI is InChI=1S/C15H14N2O5/c18-14(16-10-2-1-3-11(7-10)17(21)22)12-8-4-5-9(6-8)13(12)15(19)20/h1-5,7-9,12-13H,6H2,(H,16,18)(H,19,20)/t8-,9+,12+,13+/m0/s1. The molecule has 2 aliphatic rings. The molecule has 1 fully saturated rings. The second kappa shape index (κ2) is 5.25. The van der Waals surface area contributed by atoms with Gasteiger partial charge in [0.2, 0.25) is 5.91 Å². The van der Waals surface area contributed by atoms with Crippen molar-refractivity contribution in [1.29, 1.82) is 0 Å². The largest absolute Gasteiger partial charge is 0.481 e. The number of anilines is 1. The number of aliphatic carboxylic acids is 1. The molecule has 0 spiro atoms. The average Bonchev–Trinajstić information content (AvgIpc) is 3.07. The van der Waals surface area contributed by atoms with Crippen molar-refractivity contribution >= 4 is 23.3 Å². The summed E-state index contributed by atoms with van der Waals surface area (Å²) < 4.78 is 0. The number of fused-ring (bicyclic) bond motifs is 2. The predicted octanol–water partition coefficient (Wildman–Crippen LogP) is 2.06. The minimum Gasteiger partial charge on any atom is -0.481 e. The normalized spacial score (nSPS) is 28.5. The maximum Gasteiger partial charge on any atom is 0.307 e. The molecule has 2 N–H and O–H groups in total. The number of nitro groups is 1. The van der Waals surface area contributed by atoms with Gasteiger partial charge in [0.15, 0.2) is 0 Å². The van der Waals surface area contributed by atoms with Gasteiger partial charge < -0.3 is 10.4 Å². The third kappa shape index (κ3) is 2.34. The van der Waals surface area contributed by atoms with Crippen LogP contribution in [0.25, 0.3) is 0 Å². The van der Waals surface area contributed by atoms with Crippen molar-refractivity contribution in [2.24, 2.45) is 23.7 Å². The zero-order chi connectivity index (χ0) is 15.9. The van der Waals surface area contributed by atoms with Crippen LogP contribution < -0.4 is 5.32 Å². The van der Waals surface area contributed by atoms with Crippen molar-refractivity contribution in [3.05, 3.63) is 46.5 Å². The van der Waals surface area contributed by atoms with Crippen LogP contribution in [0.5, 0.6) is 0 Å². The molecule has 0 unspecified atom stereocenters. The van der Waals surface area contributed by atoms with Gasteiger partial charge in [0.05, 0.1) is 16.8 Å². The van der Waals surface area contributed by atoms with Crippen molar-refractivity contribution in [3.8, 4) is 0 Å². The van der Waals surface area contributed by atoms with E-state index in [1.165, 1.54) is 18.2 Å². The van der Waals surface area contributed by atoms with Gasteiger partial charge >= 0.3 is 5.97 Å². The number of nitrogens with one attached hydrogen (secondary N) is 1. The number of carbonyl (C=O) groups is 2.